The maximum absolute atomic E-state index is 12.7. The Kier molecular flexibility index (Phi) is 7.71. The highest BCUT2D eigenvalue weighted by atomic mass is 19.1. The molecular formula is C15H23FN2O3. The molecule has 118 valence electrons. The topological polar surface area (TPSA) is 50.8 Å². The Balaban J connectivity index is 2.20. The largest absolute Gasteiger partial charge is 0.492 e. The Morgan fingerprint density at radius 1 is 1.38 bits per heavy atom. The first kappa shape index (κ1) is 17.4. The predicted octanol–water partition coefficient (Wildman–Crippen LogP) is 1.29. The van der Waals surface area contributed by atoms with E-state index in [9.17, 15) is 9.18 Å². The molecule has 21 heavy (non-hydrogen) atoms. The van der Waals surface area contributed by atoms with E-state index in [1.54, 1.807) is 19.2 Å². The van der Waals surface area contributed by atoms with E-state index in [0.29, 0.717) is 32.1 Å². The highest BCUT2D eigenvalue weighted by Crippen LogP contribution is 2.10. The van der Waals surface area contributed by atoms with E-state index >= 15 is 0 Å². The molecule has 0 aliphatic carbocycles. The second-order valence-corrected chi connectivity index (χ2v) is 4.96. The summed E-state index contributed by atoms with van der Waals surface area (Å²) in [7, 11) is 3.44. The molecule has 5 nitrogen and oxygen atoms in total. The number of benzene rings is 1. The zero-order valence-corrected chi connectivity index (χ0v) is 12.8. The molecule has 1 N–H and O–H groups in total. The summed E-state index contributed by atoms with van der Waals surface area (Å²) in [5, 5.41) is 2.84. The molecule has 0 radical (unpaired) electrons. The van der Waals surface area contributed by atoms with Crippen molar-refractivity contribution in [2.45, 2.75) is 13.0 Å². The third-order valence-electron chi connectivity index (χ3n) is 2.79. The van der Waals surface area contributed by atoms with Crippen LogP contribution in [0.5, 0.6) is 5.75 Å². The Labute approximate surface area is 125 Å². The zero-order valence-electron chi connectivity index (χ0n) is 12.8. The van der Waals surface area contributed by atoms with Gasteiger partial charge in [0.05, 0.1) is 13.2 Å². The van der Waals surface area contributed by atoms with E-state index in [2.05, 4.69) is 5.32 Å². The number of carbonyl (C=O) groups is 1. The summed E-state index contributed by atoms with van der Waals surface area (Å²) < 4.78 is 23.2. The van der Waals surface area contributed by atoms with Gasteiger partial charge in [0.15, 0.2) is 0 Å². The lowest BCUT2D eigenvalue weighted by atomic mass is 10.3. The van der Waals surface area contributed by atoms with Gasteiger partial charge in [0.1, 0.15) is 18.2 Å². The molecule has 1 amide bonds. The molecular weight excluding hydrogens is 275 g/mol. The van der Waals surface area contributed by atoms with Gasteiger partial charge in [-0.25, -0.2) is 4.39 Å². The average molecular weight is 298 g/mol. The molecule has 0 spiro atoms. The molecule has 1 atom stereocenters. The van der Waals surface area contributed by atoms with Crippen LogP contribution in [0, 0.1) is 5.82 Å². The number of rotatable bonds is 9. The fourth-order valence-corrected chi connectivity index (χ4v) is 1.79. The minimum absolute atomic E-state index is 0.00800. The summed E-state index contributed by atoms with van der Waals surface area (Å²) in [4.78, 5) is 13.6. The summed E-state index contributed by atoms with van der Waals surface area (Å²) in [5.41, 5.74) is 0. The van der Waals surface area contributed by atoms with Gasteiger partial charge < -0.3 is 14.8 Å². The number of hydrogen-bond acceptors (Lipinski definition) is 4. The third-order valence-corrected chi connectivity index (χ3v) is 2.79. The van der Waals surface area contributed by atoms with Crippen molar-refractivity contribution in [2.24, 2.45) is 0 Å². The summed E-state index contributed by atoms with van der Waals surface area (Å²) in [5.74, 6) is 0.271. The van der Waals surface area contributed by atoms with Crippen molar-refractivity contribution < 1.29 is 18.7 Å². The molecule has 0 saturated heterocycles. The van der Waals surface area contributed by atoms with E-state index in [4.69, 9.17) is 9.47 Å². The number of likely N-dealkylation sites (N-methyl/N-ethyl adjacent to an activating group) is 1. The number of hydrogen-bond donors (Lipinski definition) is 1. The average Bonchev–Trinajstić information content (AvgIpc) is 2.41. The number of halogens is 1. The maximum Gasteiger partial charge on any atom is 0.234 e. The van der Waals surface area contributed by atoms with E-state index in [0.717, 1.165) is 0 Å². The molecule has 0 fully saturated rings. The first-order chi connectivity index (χ1) is 10.0. The lowest BCUT2D eigenvalue weighted by Gasteiger charge is -2.18. The molecule has 1 aromatic rings. The van der Waals surface area contributed by atoms with Crippen LogP contribution in [0.4, 0.5) is 4.39 Å². The van der Waals surface area contributed by atoms with E-state index in [1.165, 1.54) is 12.1 Å². The standard InChI is InChI=1S/C15H23FN2O3/c1-12(11-20-3)17-15(19)10-18(2)8-9-21-14-6-4-13(16)5-7-14/h4-7,12H,8-11H2,1-3H3,(H,17,19). The quantitative estimate of drug-likeness (QED) is 0.746. The first-order valence-electron chi connectivity index (χ1n) is 6.86. The summed E-state index contributed by atoms with van der Waals surface area (Å²) in [6.07, 6.45) is 0. The number of nitrogens with one attached hydrogen (secondary N) is 1. The van der Waals surface area contributed by atoms with Gasteiger partial charge in [-0.15, -0.1) is 0 Å². The minimum Gasteiger partial charge on any atom is -0.492 e. The Morgan fingerprint density at radius 3 is 2.67 bits per heavy atom. The van der Waals surface area contributed by atoms with Crippen molar-refractivity contribution in [3.63, 3.8) is 0 Å². The van der Waals surface area contributed by atoms with Crippen molar-refractivity contribution in [1.82, 2.24) is 10.2 Å². The van der Waals surface area contributed by atoms with Crippen molar-refractivity contribution in [1.29, 1.82) is 0 Å². The molecule has 0 bridgehead atoms. The van der Waals surface area contributed by atoms with E-state index in [1.807, 2.05) is 18.9 Å². The van der Waals surface area contributed by atoms with Crippen LogP contribution in [-0.2, 0) is 9.53 Å². The molecule has 1 rings (SSSR count). The Morgan fingerprint density at radius 2 is 2.05 bits per heavy atom. The highest BCUT2D eigenvalue weighted by Gasteiger charge is 2.09. The van der Waals surface area contributed by atoms with Gasteiger partial charge in [0.25, 0.3) is 0 Å². The normalized spacial score (nSPS) is 12.2. The Bertz CT molecular complexity index is 425. The van der Waals surface area contributed by atoms with Crippen molar-refractivity contribution in [3.05, 3.63) is 30.1 Å². The molecule has 0 aliphatic rings. The summed E-state index contributed by atoms with van der Waals surface area (Å²) >= 11 is 0. The van der Waals surface area contributed by atoms with Crippen LogP contribution in [0.15, 0.2) is 24.3 Å². The van der Waals surface area contributed by atoms with Gasteiger partial charge in [0.2, 0.25) is 5.91 Å². The molecule has 6 heteroatoms. The monoisotopic (exact) mass is 298 g/mol. The van der Waals surface area contributed by atoms with Crippen LogP contribution < -0.4 is 10.1 Å². The van der Waals surface area contributed by atoms with Crippen molar-refractivity contribution >= 4 is 5.91 Å². The number of nitrogens with zero attached hydrogens (tertiary/aromatic N) is 1. The van der Waals surface area contributed by atoms with Crippen LogP contribution in [-0.4, -0.2) is 57.3 Å². The van der Waals surface area contributed by atoms with E-state index < -0.39 is 0 Å². The molecule has 0 aromatic heterocycles. The van der Waals surface area contributed by atoms with Crippen molar-refractivity contribution in [2.75, 3.05) is 40.5 Å². The van der Waals surface area contributed by atoms with Crippen LogP contribution in [0.25, 0.3) is 0 Å². The van der Waals surface area contributed by atoms with Crippen LogP contribution in [0.2, 0.25) is 0 Å². The highest BCUT2D eigenvalue weighted by molar-refractivity contribution is 5.78. The van der Waals surface area contributed by atoms with Gasteiger partial charge in [-0.2, -0.15) is 0 Å². The Hall–Kier alpha value is -1.66. The molecule has 0 saturated carbocycles. The van der Waals surface area contributed by atoms with E-state index in [-0.39, 0.29) is 17.8 Å². The smallest absolute Gasteiger partial charge is 0.234 e. The fourth-order valence-electron chi connectivity index (χ4n) is 1.79. The maximum atomic E-state index is 12.7. The summed E-state index contributed by atoms with van der Waals surface area (Å²) in [6, 6.07) is 5.85. The fraction of sp³-hybridized carbons (Fsp3) is 0.533. The number of ether oxygens (including phenoxy) is 2. The minimum atomic E-state index is -0.290. The lowest BCUT2D eigenvalue weighted by molar-refractivity contribution is -0.122. The SMILES string of the molecule is COCC(C)NC(=O)CN(C)CCOc1ccc(F)cc1. The number of methoxy groups -OCH3 is 1. The first-order valence-corrected chi connectivity index (χ1v) is 6.86. The van der Waals surface area contributed by atoms with Gasteiger partial charge in [-0.05, 0) is 38.2 Å². The van der Waals surface area contributed by atoms with Gasteiger partial charge in [0, 0.05) is 19.7 Å². The molecule has 0 heterocycles. The lowest BCUT2D eigenvalue weighted by Crippen LogP contribution is -2.42. The second-order valence-electron chi connectivity index (χ2n) is 4.96. The van der Waals surface area contributed by atoms with Gasteiger partial charge >= 0.3 is 0 Å². The summed E-state index contributed by atoms with van der Waals surface area (Å²) in [6.45, 7) is 3.70. The second kappa shape index (κ2) is 9.31. The zero-order chi connectivity index (χ0) is 15.7. The number of amides is 1. The molecule has 1 unspecified atom stereocenters. The van der Waals surface area contributed by atoms with Gasteiger partial charge in [-0.1, -0.05) is 0 Å². The van der Waals surface area contributed by atoms with Crippen LogP contribution >= 0.6 is 0 Å². The number of carbonyl (C=O) groups excluding carboxylic acids is 1. The van der Waals surface area contributed by atoms with Gasteiger partial charge in [-0.3, -0.25) is 9.69 Å². The van der Waals surface area contributed by atoms with Crippen molar-refractivity contribution in [3.8, 4) is 5.75 Å². The van der Waals surface area contributed by atoms with Crippen LogP contribution in [0.1, 0.15) is 6.92 Å². The third kappa shape index (κ3) is 7.63. The molecule has 0 aliphatic heterocycles. The van der Waals surface area contributed by atoms with Crippen LogP contribution in [0.3, 0.4) is 0 Å². The predicted molar refractivity (Wildman–Crippen MR) is 78.9 cm³/mol. The molecule has 1 aromatic carbocycles.